The first-order chi connectivity index (χ1) is 8.28. The Kier molecular flexibility index (Phi) is 4.51. The van der Waals surface area contributed by atoms with E-state index in [1.165, 1.54) is 0 Å². The van der Waals surface area contributed by atoms with Crippen LogP contribution in [-0.4, -0.2) is 37.8 Å². The Morgan fingerprint density at radius 2 is 2.17 bits per heavy atom. The fourth-order valence-electron chi connectivity index (χ4n) is 1.78. The zero-order valence-electron chi connectivity index (χ0n) is 11.8. The Balaban J connectivity index is 2.83. The normalized spacial score (nSPS) is 12.4. The minimum absolute atomic E-state index is 0.321. The van der Waals surface area contributed by atoms with Gasteiger partial charge in [-0.3, -0.25) is 14.4 Å². The zero-order valence-corrected chi connectivity index (χ0v) is 11.8. The third kappa shape index (κ3) is 3.10. The molecule has 1 rings (SSSR count). The molecule has 1 aromatic heterocycles. The van der Waals surface area contributed by atoms with Gasteiger partial charge in [0.25, 0.3) is 0 Å². The highest BCUT2D eigenvalue weighted by Gasteiger charge is 2.33. The fraction of sp³-hybridized carbons (Fsp3) is 0.692. The van der Waals surface area contributed by atoms with Crippen molar-refractivity contribution in [2.45, 2.75) is 52.7 Å². The number of carboxylic acids is 1. The van der Waals surface area contributed by atoms with E-state index in [1.807, 2.05) is 28.8 Å². The second-order valence-corrected chi connectivity index (χ2v) is 5.26. The molecular weight excluding hydrogens is 230 g/mol. The largest absolute Gasteiger partial charge is 0.480 e. The lowest BCUT2D eigenvalue weighted by Crippen LogP contribution is -2.49. The molecule has 0 aromatic carbocycles. The molecule has 0 aliphatic rings. The number of carboxylic acid groups (broad SMARTS) is 1. The molecule has 0 bridgehead atoms. The Labute approximate surface area is 108 Å². The van der Waals surface area contributed by atoms with Gasteiger partial charge in [-0.15, -0.1) is 0 Å². The number of rotatable bonds is 6. The smallest absolute Gasteiger partial charge is 0.323 e. The van der Waals surface area contributed by atoms with E-state index in [9.17, 15) is 9.90 Å². The number of hydrogen-bond acceptors (Lipinski definition) is 3. The number of aromatic nitrogens is 2. The molecule has 1 aromatic rings. The molecule has 0 unspecified atom stereocenters. The minimum atomic E-state index is -0.879. The van der Waals surface area contributed by atoms with E-state index in [-0.39, 0.29) is 0 Å². The van der Waals surface area contributed by atoms with E-state index in [0.29, 0.717) is 19.1 Å². The maximum absolute atomic E-state index is 11.3. The highest BCUT2D eigenvalue weighted by molar-refractivity contribution is 5.77. The Morgan fingerprint density at radius 3 is 2.56 bits per heavy atom. The third-order valence-electron chi connectivity index (χ3n) is 3.24. The molecule has 18 heavy (non-hydrogen) atoms. The summed E-state index contributed by atoms with van der Waals surface area (Å²) in [6.07, 6.45) is 1.93. The molecule has 0 aliphatic carbocycles. The highest BCUT2D eigenvalue weighted by atomic mass is 16.4. The topological polar surface area (TPSA) is 58.4 Å². The van der Waals surface area contributed by atoms with E-state index < -0.39 is 11.5 Å². The van der Waals surface area contributed by atoms with Gasteiger partial charge in [0.2, 0.25) is 0 Å². The van der Waals surface area contributed by atoms with Crippen LogP contribution in [0.25, 0.3) is 0 Å². The molecule has 0 radical (unpaired) electrons. The molecule has 1 heterocycles. The first kappa shape index (κ1) is 14.7. The second kappa shape index (κ2) is 5.52. The van der Waals surface area contributed by atoms with Crippen molar-refractivity contribution < 1.29 is 9.90 Å². The van der Waals surface area contributed by atoms with Crippen molar-refractivity contribution in [2.75, 3.05) is 6.54 Å². The second-order valence-electron chi connectivity index (χ2n) is 5.26. The highest BCUT2D eigenvalue weighted by Crippen LogP contribution is 2.17. The first-order valence-electron chi connectivity index (χ1n) is 6.31. The van der Waals surface area contributed by atoms with Crippen molar-refractivity contribution in [3.8, 4) is 0 Å². The van der Waals surface area contributed by atoms with Crippen LogP contribution in [0.15, 0.2) is 12.3 Å². The maximum atomic E-state index is 11.3. The molecule has 0 fully saturated rings. The van der Waals surface area contributed by atoms with Crippen LogP contribution in [0.5, 0.6) is 0 Å². The molecular formula is C13H23N3O2. The summed E-state index contributed by atoms with van der Waals surface area (Å²) >= 11 is 0. The average molecular weight is 253 g/mol. The van der Waals surface area contributed by atoms with Crippen LogP contribution >= 0.6 is 0 Å². The monoisotopic (exact) mass is 253 g/mol. The molecule has 5 heteroatoms. The number of hydrogen-bond donors (Lipinski definition) is 1. The quantitative estimate of drug-likeness (QED) is 0.844. The van der Waals surface area contributed by atoms with Gasteiger partial charge in [-0.25, -0.2) is 0 Å². The number of likely N-dealkylation sites (N-methyl/N-ethyl adjacent to an activating group) is 1. The van der Waals surface area contributed by atoms with Gasteiger partial charge in [0.1, 0.15) is 5.54 Å². The van der Waals surface area contributed by atoms with E-state index >= 15 is 0 Å². The van der Waals surface area contributed by atoms with Gasteiger partial charge >= 0.3 is 5.97 Å². The SMILES string of the molecule is CCN(Cc1ccn(C(C)C)n1)C(C)(C)C(=O)O. The summed E-state index contributed by atoms with van der Waals surface area (Å²) in [5, 5.41) is 13.7. The van der Waals surface area contributed by atoms with Crippen molar-refractivity contribution in [1.29, 1.82) is 0 Å². The van der Waals surface area contributed by atoms with Gasteiger partial charge in [0.05, 0.1) is 5.69 Å². The zero-order chi connectivity index (χ0) is 13.9. The summed E-state index contributed by atoms with van der Waals surface area (Å²) in [6, 6.07) is 2.27. The molecule has 5 nitrogen and oxygen atoms in total. The third-order valence-corrected chi connectivity index (χ3v) is 3.24. The summed E-state index contributed by atoms with van der Waals surface area (Å²) in [5.74, 6) is -0.812. The first-order valence-corrected chi connectivity index (χ1v) is 6.31. The molecule has 0 atom stereocenters. The molecule has 0 saturated heterocycles. The summed E-state index contributed by atoms with van der Waals surface area (Å²) in [5.41, 5.74) is 0.0241. The molecule has 0 amide bonds. The molecule has 1 N–H and O–H groups in total. The van der Waals surface area contributed by atoms with Gasteiger partial charge in [-0.05, 0) is 40.3 Å². The van der Waals surface area contributed by atoms with E-state index in [4.69, 9.17) is 0 Å². The lowest BCUT2D eigenvalue weighted by atomic mass is 10.0. The molecule has 0 spiro atoms. The summed E-state index contributed by atoms with van der Waals surface area (Å²) in [4.78, 5) is 13.2. The number of aliphatic carboxylic acids is 1. The predicted molar refractivity (Wildman–Crippen MR) is 70.4 cm³/mol. The Bertz CT molecular complexity index is 410. The van der Waals surface area contributed by atoms with E-state index in [1.54, 1.807) is 13.8 Å². The van der Waals surface area contributed by atoms with Gasteiger partial charge in [0.15, 0.2) is 0 Å². The van der Waals surface area contributed by atoms with Gasteiger partial charge < -0.3 is 5.11 Å². The Morgan fingerprint density at radius 1 is 1.56 bits per heavy atom. The lowest BCUT2D eigenvalue weighted by molar-refractivity contribution is -0.149. The van der Waals surface area contributed by atoms with Crippen LogP contribution in [0, 0.1) is 0 Å². The summed E-state index contributed by atoms with van der Waals surface area (Å²) in [6.45, 7) is 10.8. The lowest BCUT2D eigenvalue weighted by Gasteiger charge is -2.33. The van der Waals surface area contributed by atoms with Gasteiger partial charge in [0, 0.05) is 18.8 Å². The van der Waals surface area contributed by atoms with Crippen molar-refractivity contribution in [3.63, 3.8) is 0 Å². The van der Waals surface area contributed by atoms with Crippen LogP contribution in [0.4, 0.5) is 0 Å². The van der Waals surface area contributed by atoms with Crippen LogP contribution in [0.2, 0.25) is 0 Å². The maximum Gasteiger partial charge on any atom is 0.323 e. The predicted octanol–water partition coefficient (Wildman–Crippen LogP) is 2.15. The van der Waals surface area contributed by atoms with Gasteiger partial charge in [-0.1, -0.05) is 6.92 Å². The van der Waals surface area contributed by atoms with Crippen LogP contribution < -0.4 is 0 Å². The fourth-order valence-corrected chi connectivity index (χ4v) is 1.78. The van der Waals surface area contributed by atoms with E-state index in [2.05, 4.69) is 18.9 Å². The van der Waals surface area contributed by atoms with Crippen molar-refractivity contribution in [2.24, 2.45) is 0 Å². The summed E-state index contributed by atoms with van der Waals surface area (Å²) in [7, 11) is 0. The van der Waals surface area contributed by atoms with Gasteiger partial charge in [-0.2, -0.15) is 5.10 Å². The van der Waals surface area contributed by atoms with Crippen molar-refractivity contribution >= 4 is 5.97 Å². The molecule has 0 saturated carbocycles. The number of carbonyl (C=O) groups is 1. The minimum Gasteiger partial charge on any atom is -0.480 e. The standard InChI is InChI=1S/C13H23N3O2/c1-6-15(13(4,5)12(17)18)9-11-7-8-16(14-11)10(2)3/h7-8,10H,6,9H2,1-5H3,(H,17,18). The molecule has 102 valence electrons. The Hall–Kier alpha value is -1.36. The van der Waals surface area contributed by atoms with Crippen molar-refractivity contribution in [3.05, 3.63) is 18.0 Å². The summed E-state index contributed by atoms with van der Waals surface area (Å²) < 4.78 is 1.89. The van der Waals surface area contributed by atoms with Crippen LogP contribution in [0.3, 0.4) is 0 Å². The number of nitrogens with zero attached hydrogens (tertiary/aromatic N) is 3. The van der Waals surface area contributed by atoms with Crippen LogP contribution in [0.1, 0.15) is 46.4 Å². The van der Waals surface area contributed by atoms with Crippen molar-refractivity contribution in [1.82, 2.24) is 14.7 Å². The average Bonchev–Trinajstić information content (AvgIpc) is 2.73. The molecule has 0 aliphatic heterocycles. The van der Waals surface area contributed by atoms with Crippen LogP contribution in [-0.2, 0) is 11.3 Å². The van der Waals surface area contributed by atoms with E-state index in [0.717, 1.165) is 5.69 Å².